The Balaban J connectivity index is 0. The third-order valence-corrected chi connectivity index (χ3v) is 2.34. The number of rotatable bonds is 1. The van der Waals surface area contributed by atoms with Crippen molar-refractivity contribution in [1.29, 1.82) is 0 Å². The van der Waals surface area contributed by atoms with Crippen molar-refractivity contribution in [2.45, 2.75) is 39.0 Å². The zero-order valence-electron chi connectivity index (χ0n) is 9.11. The summed E-state index contributed by atoms with van der Waals surface area (Å²) in [6.45, 7) is 4.60. The van der Waals surface area contributed by atoms with Gasteiger partial charge in [0, 0.05) is 38.5 Å². The van der Waals surface area contributed by atoms with Crippen LogP contribution in [0.2, 0.25) is 0 Å². The van der Waals surface area contributed by atoms with E-state index >= 15 is 0 Å². The van der Waals surface area contributed by atoms with Gasteiger partial charge in [0.25, 0.3) is 0 Å². The molecular weight excluding hydrogens is 278 g/mol. The van der Waals surface area contributed by atoms with Crippen LogP contribution in [0.5, 0.6) is 0 Å². The Bertz CT molecular complexity index is 157. The van der Waals surface area contributed by atoms with Gasteiger partial charge in [-0.3, -0.25) is 8.78 Å². The fourth-order valence-electron chi connectivity index (χ4n) is 1.40. The van der Waals surface area contributed by atoms with Crippen LogP contribution in [0.15, 0.2) is 11.9 Å². The average molecular weight is 295 g/mol. The van der Waals surface area contributed by atoms with Crippen molar-refractivity contribution in [2.75, 3.05) is 0 Å². The summed E-state index contributed by atoms with van der Waals surface area (Å²) >= 11 is 0. The van der Waals surface area contributed by atoms with Gasteiger partial charge in [-0.25, -0.2) is 11.3 Å². The van der Waals surface area contributed by atoms with Crippen LogP contribution in [0.1, 0.15) is 39.0 Å². The zero-order chi connectivity index (χ0) is 11.0. The Labute approximate surface area is 116 Å². The van der Waals surface area contributed by atoms with Gasteiger partial charge in [0.05, 0.1) is 0 Å². The van der Waals surface area contributed by atoms with Crippen molar-refractivity contribution >= 4 is 0 Å². The van der Waals surface area contributed by atoms with E-state index in [9.17, 15) is 13.2 Å². The summed E-state index contributed by atoms with van der Waals surface area (Å²) < 4.78 is 32.0. The zero-order valence-corrected chi connectivity index (χ0v) is 11.9. The third kappa shape index (κ3) is 10.8. The predicted octanol–water partition coefficient (Wildman–Crippen LogP) is 4.69. The molecule has 0 aromatic rings. The van der Waals surface area contributed by atoms with Gasteiger partial charge < -0.3 is 6.42 Å². The monoisotopic (exact) mass is 295 g/mol. The van der Waals surface area contributed by atoms with E-state index in [1.165, 1.54) is 32.1 Å². The topological polar surface area (TPSA) is 0 Å². The van der Waals surface area contributed by atoms with Crippen molar-refractivity contribution in [3.63, 3.8) is 0 Å². The first-order valence-electron chi connectivity index (χ1n) is 4.92. The first-order chi connectivity index (χ1) is 6.57. The van der Waals surface area contributed by atoms with Crippen molar-refractivity contribution in [3.05, 3.63) is 25.3 Å². The molecule has 0 aromatic heterocycles. The van der Waals surface area contributed by atoms with Crippen LogP contribution in [-0.4, -0.2) is 0 Å². The minimum atomic E-state index is -2.35. The standard InChI is InChI=1S/C8H15.C3H2F3.Y/c1-2-8-6-4-3-5-7-8;1-2(4)3(5)6;/h3,8H,2,4-7H2,1H3;1H2;/q2*-1;. The second-order valence-electron chi connectivity index (χ2n) is 3.38. The third-order valence-electron chi connectivity index (χ3n) is 2.34. The molecule has 0 amide bonds. The Kier molecular flexibility index (Phi) is 13.1. The Hall–Kier alpha value is 0.504. The number of allylic oxidation sites excluding steroid dienone is 1. The summed E-state index contributed by atoms with van der Waals surface area (Å²) in [4.78, 5) is 0. The second kappa shape index (κ2) is 11.0. The Morgan fingerprint density at radius 1 is 1.27 bits per heavy atom. The van der Waals surface area contributed by atoms with E-state index in [0.29, 0.717) is 0 Å². The van der Waals surface area contributed by atoms with E-state index in [0.717, 1.165) is 5.92 Å². The minimum Gasteiger partial charge on any atom is -0.328 e. The first kappa shape index (κ1) is 17.9. The number of hydrogen-bond donors (Lipinski definition) is 0. The summed E-state index contributed by atoms with van der Waals surface area (Å²) in [5.74, 6) is -0.602. The van der Waals surface area contributed by atoms with Crippen LogP contribution in [0, 0.1) is 19.3 Å². The van der Waals surface area contributed by atoms with Crippen molar-refractivity contribution < 1.29 is 45.9 Å². The molecule has 0 N–H and O–H groups in total. The molecule has 0 bridgehead atoms. The smallest absolute Gasteiger partial charge is 0.141 e. The fraction of sp³-hybridized carbons (Fsp3) is 0.636. The van der Waals surface area contributed by atoms with Gasteiger partial charge in [0.1, 0.15) is 6.08 Å². The SMILES string of the molecule is CCC1CC[CH-]CC1.[CH2-]C(F)=C(F)F.[Y]. The molecule has 0 saturated heterocycles. The summed E-state index contributed by atoms with van der Waals surface area (Å²) in [6, 6.07) is 0. The molecule has 1 saturated carbocycles. The van der Waals surface area contributed by atoms with Gasteiger partial charge in [0.15, 0.2) is 0 Å². The van der Waals surface area contributed by atoms with E-state index in [4.69, 9.17) is 0 Å². The average Bonchev–Trinajstić information content (AvgIpc) is 2.20. The largest absolute Gasteiger partial charge is 0.328 e. The van der Waals surface area contributed by atoms with Crippen molar-refractivity contribution in [1.82, 2.24) is 0 Å². The molecule has 4 heteroatoms. The molecule has 0 spiro atoms. The molecule has 1 rings (SSSR count). The van der Waals surface area contributed by atoms with Gasteiger partial charge in [-0.1, -0.05) is 26.2 Å². The van der Waals surface area contributed by atoms with E-state index < -0.39 is 11.9 Å². The predicted molar refractivity (Wildman–Crippen MR) is 52.3 cm³/mol. The first-order valence-corrected chi connectivity index (χ1v) is 4.92. The van der Waals surface area contributed by atoms with Crippen LogP contribution >= 0.6 is 0 Å². The van der Waals surface area contributed by atoms with Gasteiger partial charge >= 0.3 is 0 Å². The fourth-order valence-corrected chi connectivity index (χ4v) is 1.40. The molecule has 1 fully saturated rings. The van der Waals surface area contributed by atoms with E-state index in [1.54, 1.807) is 0 Å². The Morgan fingerprint density at radius 3 is 1.87 bits per heavy atom. The van der Waals surface area contributed by atoms with Crippen LogP contribution in [0.3, 0.4) is 0 Å². The normalized spacial score (nSPS) is 15.7. The molecule has 0 aliphatic heterocycles. The van der Waals surface area contributed by atoms with E-state index in [1.807, 2.05) is 0 Å². The molecular formula is C11H17F3Y-2. The number of hydrogen-bond acceptors (Lipinski definition) is 0. The van der Waals surface area contributed by atoms with Gasteiger partial charge in [-0.2, -0.15) is 12.8 Å². The van der Waals surface area contributed by atoms with Crippen LogP contribution < -0.4 is 0 Å². The van der Waals surface area contributed by atoms with Crippen molar-refractivity contribution in [3.8, 4) is 0 Å². The van der Waals surface area contributed by atoms with Crippen LogP contribution in [0.4, 0.5) is 13.2 Å². The minimum absolute atomic E-state index is 0. The summed E-state index contributed by atoms with van der Waals surface area (Å²) in [5.41, 5.74) is 0. The van der Waals surface area contributed by atoms with E-state index in [2.05, 4.69) is 20.3 Å². The molecule has 1 aliphatic rings. The molecule has 0 aromatic carbocycles. The molecule has 0 unspecified atom stereocenters. The molecule has 0 nitrogen and oxygen atoms in total. The molecule has 1 radical (unpaired) electrons. The molecule has 0 heterocycles. The summed E-state index contributed by atoms with van der Waals surface area (Å²) in [5, 5.41) is 0. The van der Waals surface area contributed by atoms with Gasteiger partial charge in [-0.15, -0.1) is 0 Å². The van der Waals surface area contributed by atoms with Crippen LogP contribution in [0.25, 0.3) is 0 Å². The van der Waals surface area contributed by atoms with Gasteiger partial charge in [-0.05, 0) is 5.92 Å². The maximum Gasteiger partial charge on any atom is 0.141 e. The van der Waals surface area contributed by atoms with E-state index in [-0.39, 0.29) is 32.7 Å². The Morgan fingerprint density at radius 2 is 1.67 bits per heavy atom. The van der Waals surface area contributed by atoms with Crippen LogP contribution in [-0.2, 0) is 32.7 Å². The summed E-state index contributed by atoms with van der Waals surface area (Å²) in [7, 11) is 0. The summed E-state index contributed by atoms with van der Waals surface area (Å²) in [6.07, 6.45) is 7.12. The van der Waals surface area contributed by atoms with Crippen molar-refractivity contribution in [2.24, 2.45) is 5.92 Å². The molecule has 1 aliphatic carbocycles. The quantitative estimate of drug-likeness (QED) is 0.616. The second-order valence-corrected chi connectivity index (χ2v) is 3.38. The molecule has 15 heavy (non-hydrogen) atoms. The maximum atomic E-state index is 10.8. The van der Waals surface area contributed by atoms with Gasteiger partial charge in [0.2, 0.25) is 0 Å². The molecule has 0 atom stereocenters. The number of halogens is 3. The molecule has 87 valence electrons. The maximum absolute atomic E-state index is 10.8.